The number of hydrogen-bond acceptors (Lipinski definition) is 2. The molecule has 27 heavy (non-hydrogen) atoms. The summed E-state index contributed by atoms with van der Waals surface area (Å²) in [6.45, 7) is 1.61. The molecule has 2 aromatic rings. The van der Waals surface area contributed by atoms with Crippen LogP contribution in [0.5, 0.6) is 0 Å². The number of carbonyl (C=O) groups is 1. The van der Waals surface area contributed by atoms with Crippen LogP contribution in [-0.2, 0) is 13.1 Å². The smallest absolute Gasteiger partial charge is 0.315 e. The first-order valence-corrected chi connectivity index (χ1v) is 10.2. The molecule has 2 aromatic carbocycles. The Balaban J connectivity index is 1.31. The second kappa shape index (κ2) is 8.57. The molecule has 2 fully saturated rings. The third kappa shape index (κ3) is 4.69. The lowest BCUT2D eigenvalue weighted by atomic mass is 9.81. The second-order valence-electron chi connectivity index (χ2n) is 7.88. The lowest BCUT2D eigenvalue weighted by Gasteiger charge is -2.49. The van der Waals surface area contributed by atoms with E-state index in [0.717, 1.165) is 24.9 Å². The minimum Gasteiger partial charge on any atom is -0.335 e. The van der Waals surface area contributed by atoms with Crippen LogP contribution in [0.1, 0.15) is 43.2 Å². The normalized spacial score (nSPS) is 25.0. The van der Waals surface area contributed by atoms with Crippen LogP contribution < -0.4 is 10.6 Å². The van der Waals surface area contributed by atoms with E-state index in [1.165, 1.54) is 24.8 Å². The van der Waals surface area contributed by atoms with E-state index in [4.69, 9.17) is 0 Å². The Morgan fingerprint density at radius 1 is 0.889 bits per heavy atom. The van der Waals surface area contributed by atoms with Gasteiger partial charge in [0.1, 0.15) is 0 Å². The fraction of sp³-hybridized carbons (Fsp3) is 0.435. The van der Waals surface area contributed by atoms with Crippen molar-refractivity contribution in [3.63, 3.8) is 0 Å². The Hall–Kier alpha value is -2.33. The topological polar surface area (TPSA) is 44.4 Å². The van der Waals surface area contributed by atoms with Crippen LogP contribution in [0.15, 0.2) is 60.7 Å². The molecule has 0 aliphatic carbocycles. The van der Waals surface area contributed by atoms with Crippen LogP contribution in [0.3, 0.4) is 0 Å². The van der Waals surface area contributed by atoms with Crippen molar-refractivity contribution in [2.75, 3.05) is 0 Å². The van der Waals surface area contributed by atoms with Gasteiger partial charge in [-0.05, 0) is 36.8 Å². The first-order valence-electron chi connectivity index (χ1n) is 10.2. The number of benzene rings is 2. The maximum Gasteiger partial charge on any atom is 0.315 e. The van der Waals surface area contributed by atoms with Gasteiger partial charge in [-0.25, -0.2) is 4.79 Å². The lowest BCUT2D eigenvalue weighted by Crippen LogP contribution is -2.57. The quantitative estimate of drug-likeness (QED) is 0.841. The molecule has 0 spiro atoms. The predicted octanol–water partition coefficient (Wildman–Crippen LogP) is 4.07. The molecule has 0 radical (unpaired) electrons. The van der Waals surface area contributed by atoms with Crippen LogP contribution in [0.2, 0.25) is 0 Å². The van der Waals surface area contributed by atoms with Crippen LogP contribution >= 0.6 is 0 Å². The zero-order valence-electron chi connectivity index (χ0n) is 15.8. The number of piperidine rings is 2. The van der Waals surface area contributed by atoms with Gasteiger partial charge < -0.3 is 10.6 Å². The highest BCUT2D eigenvalue weighted by atomic mass is 16.2. The van der Waals surface area contributed by atoms with Crippen molar-refractivity contribution in [1.82, 2.24) is 15.5 Å². The van der Waals surface area contributed by atoms with Crippen molar-refractivity contribution in [2.24, 2.45) is 0 Å². The summed E-state index contributed by atoms with van der Waals surface area (Å²) in [4.78, 5) is 15.0. The van der Waals surface area contributed by atoms with E-state index >= 15 is 0 Å². The third-order valence-corrected chi connectivity index (χ3v) is 5.97. The second-order valence-corrected chi connectivity index (χ2v) is 7.88. The van der Waals surface area contributed by atoms with Crippen LogP contribution in [0.4, 0.5) is 4.79 Å². The molecule has 142 valence electrons. The van der Waals surface area contributed by atoms with E-state index in [2.05, 4.69) is 45.9 Å². The highest BCUT2D eigenvalue weighted by Gasteiger charge is 2.38. The molecular weight excluding hydrogens is 334 g/mol. The molecule has 3 atom stereocenters. The van der Waals surface area contributed by atoms with Gasteiger partial charge in [-0.3, -0.25) is 4.90 Å². The molecule has 2 heterocycles. The third-order valence-electron chi connectivity index (χ3n) is 5.97. The maximum atomic E-state index is 12.3. The lowest BCUT2D eigenvalue weighted by molar-refractivity contribution is 0.0197. The Bertz CT molecular complexity index is 720. The van der Waals surface area contributed by atoms with E-state index < -0.39 is 0 Å². The van der Waals surface area contributed by atoms with Gasteiger partial charge in [0, 0.05) is 31.2 Å². The maximum absolute atomic E-state index is 12.3. The van der Waals surface area contributed by atoms with Crippen molar-refractivity contribution >= 4 is 6.03 Å². The number of fused-ring (bicyclic) bond motifs is 2. The van der Waals surface area contributed by atoms with Crippen molar-refractivity contribution < 1.29 is 4.79 Å². The molecule has 0 saturated carbocycles. The number of carbonyl (C=O) groups excluding carboxylic acids is 1. The zero-order chi connectivity index (χ0) is 18.5. The standard InChI is InChI=1S/C23H29N3O/c27-23(24-16-18-8-3-1-4-9-18)25-20-14-21-12-7-13-22(15-20)26(21)17-19-10-5-2-6-11-19/h1-6,8-11,20-22H,7,12-17H2,(H2,24,25,27)/t20?,21-,22+. The predicted molar refractivity (Wildman–Crippen MR) is 108 cm³/mol. The SMILES string of the molecule is O=C(NCc1ccccc1)NC1C[C@H]2CCC[C@@H](C1)N2Cc1ccccc1. The summed E-state index contributed by atoms with van der Waals surface area (Å²) >= 11 is 0. The summed E-state index contributed by atoms with van der Waals surface area (Å²) < 4.78 is 0. The fourth-order valence-corrected chi connectivity index (χ4v) is 4.66. The molecule has 2 N–H and O–H groups in total. The molecule has 1 unspecified atom stereocenters. The van der Waals surface area contributed by atoms with Crippen molar-refractivity contribution in [3.8, 4) is 0 Å². The van der Waals surface area contributed by atoms with Crippen LogP contribution in [-0.4, -0.2) is 29.1 Å². The van der Waals surface area contributed by atoms with E-state index in [0.29, 0.717) is 18.6 Å². The molecule has 4 heteroatoms. The first-order chi connectivity index (χ1) is 13.3. The monoisotopic (exact) mass is 363 g/mol. The van der Waals surface area contributed by atoms with Gasteiger partial charge in [0.05, 0.1) is 0 Å². The number of urea groups is 1. The minimum absolute atomic E-state index is 0.0431. The summed E-state index contributed by atoms with van der Waals surface area (Å²) in [5.74, 6) is 0. The van der Waals surface area contributed by atoms with Gasteiger partial charge in [-0.15, -0.1) is 0 Å². The number of nitrogens with zero attached hydrogens (tertiary/aromatic N) is 1. The van der Waals surface area contributed by atoms with E-state index in [1.54, 1.807) is 0 Å². The van der Waals surface area contributed by atoms with Crippen LogP contribution in [0.25, 0.3) is 0 Å². The first kappa shape index (κ1) is 18.1. The molecule has 2 amide bonds. The average Bonchev–Trinajstić information content (AvgIpc) is 2.69. The highest BCUT2D eigenvalue weighted by molar-refractivity contribution is 5.74. The summed E-state index contributed by atoms with van der Waals surface area (Å²) in [6, 6.07) is 22.2. The minimum atomic E-state index is -0.0431. The number of nitrogens with one attached hydrogen (secondary N) is 2. The molecule has 4 rings (SSSR count). The van der Waals surface area contributed by atoms with Crippen molar-refractivity contribution in [1.29, 1.82) is 0 Å². The largest absolute Gasteiger partial charge is 0.335 e. The molecule has 2 bridgehead atoms. The Labute approximate surface area is 162 Å². The summed E-state index contributed by atoms with van der Waals surface area (Å²) in [6.07, 6.45) is 5.91. The van der Waals surface area contributed by atoms with Gasteiger partial charge in [-0.2, -0.15) is 0 Å². The van der Waals surface area contributed by atoms with Crippen LogP contribution in [0, 0.1) is 0 Å². The van der Waals surface area contributed by atoms with Gasteiger partial charge in [0.25, 0.3) is 0 Å². The van der Waals surface area contributed by atoms with Gasteiger partial charge in [0.2, 0.25) is 0 Å². The van der Waals surface area contributed by atoms with E-state index in [-0.39, 0.29) is 12.1 Å². The van der Waals surface area contributed by atoms with Gasteiger partial charge >= 0.3 is 6.03 Å². The zero-order valence-corrected chi connectivity index (χ0v) is 15.8. The number of amides is 2. The Kier molecular flexibility index (Phi) is 5.73. The van der Waals surface area contributed by atoms with E-state index in [9.17, 15) is 4.79 Å². The highest BCUT2D eigenvalue weighted by Crippen LogP contribution is 2.35. The summed E-state index contributed by atoms with van der Waals surface area (Å²) in [7, 11) is 0. The van der Waals surface area contributed by atoms with Crippen molar-refractivity contribution in [3.05, 3.63) is 71.8 Å². The van der Waals surface area contributed by atoms with Gasteiger partial charge in [-0.1, -0.05) is 67.1 Å². The van der Waals surface area contributed by atoms with E-state index in [1.807, 2.05) is 30.3 Å². The molecule has 4 nitrogen and oxygen atoms in total. The Morgan fingerprint density at radius 2 is 1.48 bits per heavy atom. The number of rotatable bonds is 5. The summed E-state index contributed by atoms with van der Waals surface area (Å²) in [5, 5.41) is 6.22. The molecule has 2 aliphatic rings. The van der Waals surface area contributed by atoms with Crippen molar-refractivity contribution in [2.45, 2.75) is 63.3 Å². The molecule has 2 aliphatic heterocycles. The fourth-order valence-electron chi connectivity index (χ4n) is 4.66. The molecule has 0 aromatic heterocycles. The Morgan fingerprint density at radius 3 is 2.11 bits per heavy atom. The molecule has 2 saturated heterocycles. The summed E-state index contributed by atoms with van der Waals surface area (Å²) in [5.41, 5.74) is 2.52. The molecular formula is C23H29N3O. The average molecular weight is 364 g/mol. The number of hydrogen-bond donors (Lipinski definition) is 2. The van der Waals surface area contributed by atoms with Gasteiger partial charge in [0.15, 0.2) is 0 Å².